The predicted octanol–water partition coefficient (Wildman–Crippen LogP) is 3.17. The van der Waals surface area contributed by atoms with Gasteiger partial charge in [-0.25, -0.2) is 9.78 Å². The van der Waals surface area contributed by atoms with Crippen molar-refractivity contribution in [3.63, 3.8) is 0 Å². The lowest BCUT2D eigenvalue weighted by atomic mass is 10.2. The van der Waals surface area contributed by atoms with Crippen molar-refractivity contribution >= 4 is 17.0 Å². The fourth-order valence-electron chi connectivity index (χ4n) is 2.14. The first-order valence-electron chi connectivity index (χ1n) is 7.10. The van der Waals surface area contributed by atoms with Crippen LogP contribution in [0.25, 0.3) is 22.4 Å². The van der Waals surface area contributed by atoms with Crippen molar-refractivity contribution in [3.05, 3.63) is 48.5 Å². The normalized spacial score (nSPS) is 10.6. The van der Waals surface area contributed by atoms with Crippen LogP contribution in [0.2, 0.25) is 0 Å². The Bertz CT molecular complexity index is 745. The summed E-state index contributed by atoms with van der Waals surface area (Å²) in [7, 11) is 0. The Hall–Kier alpha value is -2.82. The van der Waals surface area contributed by atoms with Crippen molar-refractivity contribution in [2.45, 2.75) is 6.92 Å². The van der Waals surface area contributed by atoms with E-state index in [0.29, 0.717) is 12.4 Å². The van der Waals surface area contributed by atoms with Gasteiger partial charge in [-0.05, 0) is 43.3 Å². The summed E-state index contributed by atoms with van der Waals surface area (Å²) in [6.07, 6.45) is 0. The smallest absolute Gasteiger partial charge is 0.344 e. The second-order valence-corrected chi connectivity index (χ2v) is 4.72. The summed E-state index contributed by atoms with van der Waals surface area (Å²) in [6.45, 7) is 2.03. The first-order valence-corrected chi connectivity index (χ1v) is 7.10. The second-order valence-electron chi connectivity index (χ2n) is 4.72. The van der Waals surface area contributed by atoms with E-state index in [1.807, 2.05) is 48.5 Å². The van der Waals surface area contributed by atoms with Gasteiger partial charge in [0.05, 0.1) is 17.6 Å². The fourth-order valence-corrected chi connectivity index (χ4v) is 2.14. The van der Waals surface area contributed by atoms with Crippen molar-refractivity contribution in [1.29, 1.82) is 0 Å². The number of imidazole rings is 1. The van der Waals surface area contributed by atoms with E-state index in [9.17, 15) is 4.79 Å². The molecule has 0 bridgehead atoms. The molecule has 0 spiro atoms. The molecule has 1 aromatic heterocycles. The molecular formula is C17H16N2O3. The molecule has 0 amide bonds. The minimum Gasteiger partial charge on any atom is -0.482 e. The largest absolute Gasteiger partial charge is 0.482 e. The zero-order valence-electron chi connectivity index (χ0n) is 12.2. The van der Waals surface area contributed by atoms with E-state index in [1.165, 1.54) is 0 Å². The molecule has 112 valence electrons. The van der Waals surface area contributed by atoms with E-state index in [2.05, 4.69) is 9.97 Å². The van der Waals surface area contributed by atoms with E-state index in [1.54, 1.807) is 6.92 Å². The van der Waals surface area contributed by atoms with Crippen LogP contribution in [0.3, 0.4) is 0 Å². The quantitative estimate of drug-likeness (QED) is 0.734. The number of hydrogen-bond acceptors (Lipinski definition) is 4. The maximum absolute atomic E-state index is 11.2. The van der Waals surface area contributed by atoms with Crippen LogP contribution in [0.5, 0.6) is 5.75 Å². The summed E-state index contributed by atoms with van der Waals surface area (Å²) in [4.78, 5) is 19.1. The van der Waals surface area contributed by atoms with Crippen LogP contribution in [0.1, 0.15) is 6.92 Å². The summed E-state index contributed by atoms with van der Waals surface area (Å²) in [5.74, 6) is 1.05. The van der Waals surface area contributed by atoms with Gasteiger partial charge in [-0.3, -0.25) is 0 Å². The Morgan fingerprint density at radius 1 is 1.14 bits per heavy atom. The topological polar surface area (TPSA) is 64.2 Å². The number of H-pyrrole nitrogens is 1. The van der Waals surface area contributed by atoms with Crippen molar-refractivity contribution in [2.75, 3.05) is 13.2 Å². The Morgan fingerprint density at radius 3 is 2.64 bits per heavy atom. The van der Waals surface area contributed by atoms with Gasteiger partial charge in [-0.1, -0.05) is 12.1 Å². The number of carbonyl (C=O) groups is 1. The number of benzene rings is 2. The summed E-state index contributed by atoms with van der Waals surface area (Å²) in [5.41, 5.74) is 2.89. The van der Waals surface area contributed by atoms with Gasteiger partial charge in [0.25, 0.3) is 0 Å². The second kappa shape index (κ2) is 6.30. The highest BCUT2D eigenvalue weighted by molar-refractivity contribution is 5.79. The summed E-state index contributed by atoms with van der Waals surface area (Å²) in [6, 6.07) is 15.3. The van der Waals surface area contributed by atoms with Crippen LogP contribution in [0.4, 0.5) is 0 Å². The molecule has 5 nitrogen and oxygen atoms in total. The van der Waals surface area contributed by atoms with Gasteiger partial charge < -0.3 is 14.5 Å². The first-order chi connectivity index (χ1) is 10.8. The van der Waals surface area contributed by atoms with Crippen molar-refractivity contribution < 1.29 is 14.3 Å². The molecule has 0 aliphatic carbocycles. The molecule has 0 saturated carbocycles. The van der Waals surface area contributed by atoms with Crippen LogP contribution >= 0.6 is 0 Å². The standard InChI is InChI=1S/C17H16N2O3/c1-2-21-16(20)11-22-13-9-7-12(8-10-13)17-18-14-5-3-4-6-15(14)19-17/h3-10H,2,11H2,1H3,(H,18,19). The van der Waals surface area contributed by atoms with Crippen molar-refractivity contribution in [2.24, 2.45) is 0 Å². The highest BCUT2D eigenvalue weighted by Crippen LogP contribution is 2.22. The number of carbonyl (C=O) groups excluding carboxylic acids is 1. The average molecular weight is 296 g/mol. The van der Waals surface area contributed by atoms with E-state index < -0.39 is 0 Å². The Labute approximate surface area is 127 Å². The Balaban J connectivity index is 1.72. The number of fused-ring (bicyclic) bond motifs is 1. The molecule has 0 unspecified atom stereocenters. The molecule has 1 heterocycles. The Morgan fingerprint density at radius 2 is 1.91 bits per heavy atom. The van der Waals surface area contributed by atoms with Crippen LogP contribution in [-0.4, -0.2) is 29.2 Å². The lowest BCUT2D eigenvalue weighted by molar-refractivity contribution is -0.145. The highest BCUT2D eigenvalue weighted by Gasteiger charge is 2.06. The number of hydrogen-bond donors (Lipinski definition) is 1. The molecule has 0 fully saturated rings. The summed E-state index contributed by atoms with van der Waals surface area (Å²) in [5, 5.41) is 0. The fraction of sp³-hybridized carbons (Fsp3) is 0.176. The number of aromatic nitrogens is 2. The SMILES string of the molecule is CCOC(=O)COc1ccc(-c2nc3ccccc3[nH]2)cc1. The molecule has 22 heavy (non-hydrogen) atoms. The third-order valence-electron chi connectivity index (χ3n) is 3.18. The van der Waals surface area contributed by atoms with E-state index in [4.69, 9.17) is 9.47 Å². The third kappa shape index (κ3) is 3.09. The Kier molecular flexibility index (Phi) is 4.05. The average Bonchev–Trinajstić information content (AvgIpc) is 2.98. The number of ether oxygens (including phenoxy) is 2. The molecule has 2 aromatic carbocycles. The number of rotatable bonds is 5. The summed E-state index contributed by atoms with van der Waals surface area (Å²) < 4.78 is 10.2. The summed E-state index contributed by atoms with van der Waals surface area (Å²) >= 11 is 0. The van der Waals surface area contributed by atoms with Gasteiger partial charge in [-0.2, -0.15) is 0 Å². The monoisotopic (exact) mass is 296 g/mol. The van der Waals surface area contributed by atoms with Crippen LogP contribution in [0.15, 0.2) is 48.5 Å². The molecule has 0 radical (unpaired) electrons. The minimum absolute atomic E-state index is 0.0855. The lowest BCUT2D eigenvalue weighted by Gasteiger charge is -2.06. The van der Waals surface area contributed by atoms with Crippen molar-refractivity contribution in [1.82, 2.24) is 9.97 Å². The molecule has 1 N–H and O–H groups in total. The van der Waals surface area contributed by atoms with Gasteiger partial charge in [0.1, 0.15) is 11.6 Å². The number of esters is 1. The maximum atomic E-state index is 11.2. The predicted molar refractivity (Wildman–Crippen MR) is 83.7 cm³/mol. The molecule has 3 rings (SSSR count). The van der Waals surface area contributed by atoms with Crippen LogP contribution < -0.4 is 4.74 Å². The maximum Gasteiger partial charge on any atom is 0.344 e. The van der Waals surface area contributed by atoms with Gasteiger partial charge in [0.2, 0.25) is 0 Å². The van der Waals surface area contributed by atoms with Crippen LogP contribution in [-0.2, 0) is 9.53 Å². The number of nitrogens with one attached hydrogen (secondary N) is 1. The van der Waals surface area contributed by atoms with Gasteiger partial charge in [0, 0.05) is 5.56 Å². The molecule has 0 aliphatic rings. The van der Waals surface area contributed by atoms with Gasteiger partial charge in [-0.15, -0.1) is 0 Å². The van der Waals surface area contributed by atoms with Gasteiger partial charge >= 0.3 is 5.97 Å². The van der Waals surface area contributed by atoms with Gasteiger partial charge in [0.15, 0.2) is 6.61 Å². The zero-order chi connectivity index (χ0) is 15.4. The zero-order valence-corrected chi connectivity index (χ0v) is 12.2. The molecule has 0 saturated heterocycles. The first kappa shape index (κ1) is 14.1. The van der Waals surface area contributed by atoms with E-state index in [-0.39, 0.29) is 12.6 Å². The highest BCUT2D eigenvalue weighted by atomic mass is 16.6. The molecule has 0 aliphatic heterocycles. The van der Waals surface area contributed by atoms with Crippen LogP contribution in [0, 0.1) is 0 Å². The molecule has 3 aromatic rings. The number of aromatic amines is 1. The lowest BCUT2D eigenvalue weighted by Crippen LogP contribution is -2.14. The minimum atomic E-state index is -0.371. The number of para-hydroxylation sites is 2. The molecule has 0 atom stereocenters. The molecule has 5 heteroatoms. The van der Waals surface area contributed by atoms with E-state index in [0.717, 1.165) is 22.4 Å². The number of nitrogens with zero attached hydrogens (tertiary/aromatic N) is 1. The van der Waals surface area contributed by atoms with E-state index >= 15 is 0 Å². The van der Waals surface area contributed by atoms with Crippen molar-refractivity contribution in [3.8, 4) is 17.1 Å². The molecular weight excluding hydrogens is 280 g/mol. The third-order valence-corrected chi connectivity index (χ3v) is 3.18.